The number of nitrogens with zero attached hydrogens (tertiary/aromatic N) is 4. The predicted octanol–water partition coefficient (Wildman–Crippen LogP) is 2.89. The zero-order valence-corrected chi connectivity index (χ0v) is 10.2. The first kappa shape index (κ1) is 11.1. The largest absolute Gasteiger partial charge is 0.278 e. The minimum atomic E-state index is -0.243. The third-order valence-electron chi connectivity index (χ3n) is 2.70. The molecule has 0 aliphatic rings. The summed E-state index contributed by atoms with van der Waals surface area (Å²) < 4.78 is 15.0. The monoisotopic (exact) mass is 262 g/mol. The minimum absolute atomic E-state index is 0.243. The van der Waals surface area contributed by atoms with Gasteiger partial charge in [0.2, 0.25) is 0 Å². The summed E-state index contributed by atoms with van der Waals surface area (Å²) in [5.41, 5.74) is 1.82. The molecule has 90 valence electrons. The number of halogens is 2. The molecule has 0 atom stereocenters. The second-order valence-corrected chi connectivity index (χ2v) is 4.26. The first-order valence-corrected chi connectivity index (χ1v) is 5.66. The number of fused-ring (bicyclic) bond motifs is 1. The lowest BCUT2D eigenvalue weighted by Crippen LogP contribution is -1.92. The lowest BCUT2D eigenvalue weighted by Gasteiger charge is -2.02. The molecule has 0 spiro atoms. The second kappa shape index (κ2) is 4.03. The van der Waals surface area contributed by atoms with Crippen LogP contribution in [0.3, 0.4) is 0 Å². The molecule has 0 saturated heterocycles. The number of hydrogen-bond acceptors (Lipinski definition) is 3. The third kappa shape index (κ3) is 1.64. The van der Waals surface area contributed by atoms with E-state index in [4.69, 9.17) is 11.6 Å². The second-order valence-electron chi connectivity index (χ2n) is 3.90. The van der Waals surface area contributed by atoms with E-state index in [9.17, 15) is 4.39 Å². The van der Waals surface area contributed by atoms with Gasteiger partial charge in [0, 0.05) is 18.0 Å². The maximum absolute atomic E-state index is 13.2. The van der Waals surface area contributed by atoms with E-state index in [1.807, 2.05) is 0 Å². The van der Waals surface area contributed by atoms with Crippen LogP contribution in [0.1, 0.15) is 5.56 Å². The van der Waals surface area contributed by atoms with Crippen LogP contribution >= 0.6 is 11.6 Å². The van der Waals surface area contributed by atoms with Gasteiger partial charge in [-0.15, -0.1) is 10.2 Å². The number of rotatable bonds is 1. The van der Waals surface area contributed by atoms with Crippen LogP contribution in [0.4, 0.5) is 4.39 Å². The van der Waals surface area contributed by atoms with Gasteiger partial charge in [-0.2, -0.15) is 0 Å². The molecule has 0 aliphatic carbocycles. The van der Waals surface area contributed by atoms with Crippen molar-refractivity contribution in [2.75, 3.05) is 0 Å². The maximum atomic E-state index is 13.2. The maximum Gasteiger partial charge on any atom is 0.198 e. The number of aryl methyl sites for hydroxylation is 1. The van der Waals surface area contributed by atoms with Crippen molar-refractivity contribution in [3.05, 3.63) is 47.1 Å². The van der Waals surface area contributed by atoms with E-state index in [-0.39, 0.29) is 11.0 Å². The molecule has 0 saturated carbocycles. The van der Waals surface area contributed by atoms with E-state index in [1.165, 1.54) is 6.07 Å². The molecule has 0 aliphatic heterocycles. The summed E-state index contributed by atoms with van der Waals surface area (Å²) in [6, 6.07) is 4.79. The fourth-order valence-electron chi connectivity index (χ4n) is 1.78. The predicted molar refractivity (Wildman–Crippen MR) is 65.9 cm³/mol. The number of benzene rings is 1. The average Bonchev–Trinajstić information content (AvgIpc) is 2.78. The van der Waals surface area contributed by atoms with Gasteiger partial charge in [-0.1, -0.05) is 11.6 Å². The molecule has 0 unspecified atom stereocenters. The van der Waals surface area contributed by atoms with Crippen LogP contribution in [0.25, 0.3) is 17.0 Å². The zero-order valence-electron chi connectivity index (χ0n) is 9.43. The van der Waals surface area contributed by atoms with Gasteiger partial charge in [-0.3, -0.25) is 4.40 Å². The van der Waals surface area contributed by atoms with Crippen LogP contribution in [-0.2, 0) is 0 Å². The molecule has 0 fully saturated rings. The molecule has 18 heavy (non-hydrogen) atoms. The Labute approximate surface area is 107 Å². The Balaban J connectivity index is 2.25. The van der Waals surface area contributed by atoms with Gasteiger partial charge in [0.25, 0.3) is 0 Å². The van der Waals surface area contributed by atoms with Gasteiger partial charge < -0.3 is 0 Å². The minimum Gasteiger partial charge on any atom is -0.278 e. The molecule has 0 radical (unpaired) electrons. The Bertz CT molecular complexity index is 738. The average molecular weight is 263 g/mol. The first-order valence-electron chi connectivity index (χ1n) is 5.28. The highest BCUT2D eigenvalue weighted by molar-refractivity contribution is 6.32. The molecular weight excluding hydrogens is 255 g/mol. The third-order valence-corrected chi connectivity index (χ3v) is 2.97. The molecule has 0 amide bonds. The summed E-state index contributed by atoms with van der Waals surface area (Å²) in [6.45, 7) is 1.70. The van der Waals surface area contributed by atoms with Gasteiger partial charge in [-0.05, 0) is 30.7 Å². The van der Waals surface area contributed by atoms with Gasteiger partial charge in [0.1, 0.15) is 5.82 Å². The molecule has 2 heterocycles. The van der Waals surface area contributed by atoms with Gasteiger partial charge in [-0.25, -0.2) is 9.37 Å². The molecule has 0 N–H and O–H groups in total. The lowest BCUT2D eigenvalue weighted by atomic mass is 10.1. The highest BCUT2D eigenvalue weighted by atomic mass is 35.5. The van der Waals surface area contributed by atoms with E-state index in [0.29, 0.717) is 17.0 Å². The topological polar surface area (TPSA) is 43.1 Å². The zero-order chi connectivity index (χ0) is 12.7. The quantitative estimate of drug-likeness (QED) is 0.677. The Morgan fingerprint density at radius 3 is 2.89 bits per heavy atom. The standard InChI is InChI=1S/C12H8ClFN4/c1-7-6-8(2-3-9(7)14)11-16-17-12-10(13)15-4-5-18(11)12/h2-6H,1H3. The van der Waals surface area contributed by atoms with Crippen molar-refractivity contribution in [2.45, 2.75) is 6.92 Å². The first-order chi connectivity index (χ1) is 8.66. The van der Waals surface area contributed by atoms with E-state index >= 15 is 0 Å². The van der Waals surface area contributed by atoms with Crippen molar-refractivity contribution in [1.29, 1.82) is 0 Å². The van der Waals surface area contributed by atoms with Crippen molar-refractivity contribution in [2.24, 2.45) is 0 Å². The van der Waals surface area contributed by atoms with Crippen LogP contribution in [0.2, 0.25) is 5.15 Å². The Morgan fingerprint density at radius 2 is 2.11 bits per heavy atom. The van der Waals surface area contributed by atoms with Crippen molar-refractivity contribution < 1.29 is 4.39 Å². The number of hydrogen-bond donors (Lipinski definition) is 0. The van der Waals surface area contributed by atoms with Crippen LogP contribution in [0.15, 0.2) is 30.6 Å². The summed E-state index contributed by atoms with van der Waals surface area (Å²) in [4.78, 5) is 3.93. The van der Waals surface area contributed by atoms with Crippen molar-refractivity contribution in [3.63, 3.8) is 0 Å². The van der Waals surface area contributed by atoms with E-state index < -0.39 is 0 Å². The SMILES string of the molecule is Cc1cc(-c2nnc3c(Cl)nccn23)ccc1F. The highest BCUT2D eigenvalue weighted by Crippen LogP contribution is 2.22. The number of aromatic nitrogens is 4. The molecule has 4 nitrogen and oxygen atoms in total. The molecule has 3 rings (SSSR count). The summed E-state index contributed by atoms with van der Waals surface area (Å²) in [6.07, 6.45) is 3.29. The summed E-state index contributed by atoms with van der Waals surface area (Å²) in [5.74, 6) is 0.365. The van der Waals surface area contributed by atoms with Crippen LogP contribution < -0.4 is 0 Å². The fraction of sp³-hybridized carbons (Fsp3) is 0.0833. The van der Waals surface area contributed by atoms with Crippen molar-refractivity contribution in [1.82, 2.24) is 19.6 Å². The Hall–Kier alpha value is -2.01. The van der Waals surface area contributed by atoms with Gasteiger partial charge in [0.15, 0.2) is 16.6 Å². The van der Waals surface area contributed by atoms with Gasteiger partial charge >= 0.3 is 0 Å². The van der Waals surface area contributed by atoms with Gasteiger partial charge in [0.05, 0.1) is 0 Å². The van der Waals surface area contributed by atoms with Crippen molar-refractivity contribution >= 4 is 17.2 Å². The summed E-state index contributed by atoms with van der Waals surface area (Å²) in [5, 5.41) is 8.32. The van der Waals surface area contributed by atoms with Crippen LogP contribution in [0, 0.1) is 12.7 Å². The Kier molecular flexibility index (Phi) is 2.48. The van der Waals surface area contributed by atoms with Crippen LogP contribution in [-0.4, -0.2) is 19.6 Å². The Morgan fingerprint density at radius 1 is 1.28 bits per heavy atom. The van der Waals surface area contributed by atoms with E-state index in [0.717, 1.165) is 5.56 Å². The molecule has 0 bridgehead atoms. The van der Waals surface area contributed by atoms with E-state index in [2.05, 4.69) is 15.2 Å². The molecule has 6 heteroatoms. The fourth-order valence-corrected chi connectivity index (χ4v) is 1.96. The van der Waals surface area contributed by atoms with E-state index in [1.54, 1.807) is 35.9 Å². The normalized spacial score (nSPS) is 11.1. The summed E-state index contributed by atoms with van der Waals surface area (Å²) >= 11 is 5.92. The lowest BCUT2D eigenvalue weighted by molar-refractivity contribution is 0.618. The molecule has 2 aromatic heterocycles. The molecule has 1 aromatic carbocycles. The summed E-state index contributed by atoms with van der Waals surface area (Å²) in [7, 11) is 0. The molecular formula is C12H8ClFN4. The molecule has 3 aromatic rings. The van der Waals surface area contributed by atoms with Crippen LogP contribution in [0.5, 0.6) is 0 Å². The van der Waals surface area contributed by atoms with Crippen molar-refractivity contribution in [3.8, 4) is 11.4 Å². The highest BCUT2D eigenvalue weighted by Gasteiger charge is 2.11. The smallest absolute Gasteiger partial charge is 0.198 e.